The zero-order chi connectivity index (χ0) is 15.0. The molecule has 0 saturated carbocycles. The molecule has 0 radical (unpaired) electrons. The van der Waals surface area contributed by atoms with Gasteiger partial charge >= 0.3 is 0 Å². The molecule has 0 saturated heterocycles. The number of halogens is 4. The van der Waals surface area contributed by atoms with Crippen molar-refractivity contribution in [3.05, 3.63) is 64.4 Å². The third-order valence-corrected chi connectivity index (χ3v) is 3.89. The number of benzene rings is 2. The molecule has 1 heterocycles. The van der Waals surface area contributed by atoms with E-state index in [1.54, 1.807) is 16.7 Å². The van der Waals surface area contributed by atoms with Crippen LogP contribution in [0.15, 0.2) is 36.4 Å². The summed E-state index contributed by atoms with van der Waals surface area (Å²) in [6.45, 7) is 0.276. The molecule has 2 aromatic carbocycles. The molecule has 2 nitrogen and oxygen atoms in total. The summed E-state index contributed by atoms with van der Waals surface area (Å²) < 4.78 is 29.1. The Morgan fingerprint density at radius 2 is 1.86 bits per heavy atom. The molecule has 0 N–H and O–H groups in total. The summed E-state index contributed by atoms with van der Waals surface area (Å²) in [5.74, 6) is -1.27. The lowest BCUT2D eigenvalue weighted by atomic mass is 10.2. The normalized spacial score (nSPS) is 11.2. The first kappa shape index (κ1) is 14.3. The minimum Gasteiger partial charge on any atom is -0.320 e. The first-order valence-electron chi connectivity index (χ1n) is 6.24. The third-order valence-electron chi connectivity index (χ3n) is 3.28. The Hall–Kier alpha value is -1.65. The smallest absolute Gasteiger partial charge is 0.184 e. The van der Waals surface area contributed by atoms with Gasteiger partial charge in [0.2, 0.25) is 0 Å². The summed E-state index contributed by atoms with van der Waals surface area (Å²) in [4.78, 5) is 4.24. The van der Waals surface area contributed by atoms with E-state index in [9.17, 15) is 8.78 Å². The fraction of sp³-hybridized carbons (Fsp3) is 0.133. The SMILES string of the molecule is Fc1ccc2nc(CCl)n(Cc3ccccc3Cl)c2c1F. The molecule has 1 aromatic heterocycles. The van der Waals surface area contributed by atoms with Gasteiger partial charge in [-0.15, -0.1) is 11.6 Å². The number of aromatic nitrogens is 2. The highest BCUT2D eigenvalue weighted by Crippen LogP contribution is 2.25. The van der Waals surface area contributed by atoms with Gasteiger partial charge < -0.3 is 4.57 Å². The van der Waals surface area contributed by atoms with Gasteiger partial charge in [-0.3, -0.25) is 0 Å². The largest absolute Gasteiger partial charge is 0.320 e. The standard InChI is InChI=1S/C15H10Cl2F2N2/c16-7-13-20-12-6-5-11(18)14(19)15(12)21(13)8-9-3-1-2-4-10(9)17/h1-6H,7-8H2. The van der Waals surface area contributed by atoms with Crippen molar-refractivity contribution in [1.82, 2.24) is 9.55 Å². The predicted octanol–water partition coefficient (Wildman–Crippen LogP) is 4.76. The van der Waals surface area contributed by atoms with E-state index >= 15 is 0 Å². The van der Waals surface area contributed by atoms with Gasteiger partial charge in [0, 0.05) is 5.02 Å². The highest BCUT2D eigenvalue weighted by Gasteiger charge is 2.17. The number of fused-ring (bicyclic) bond motifs is 1. The topological polar surface area (TPSA) is 17.8 Å². The van der Waals surface area contributed by atoms with Crippen LogP contribution in [0.5, 0.6) is 0 Å². The van der Waals surface area contributed by atoms with Gasteiger partial charge in [0.15, 0.2) is 11.6 Å². The maximum absolute atomic E-state index is 14.1. The molecule has 3 rings (SSSR count). The van der Waals surface area contributed by atoms with Crippen LogP contribution in [0.1, 0.15) is 11.4 Å². The molecule has 0 aliphatic rings. The summed E-state index contributed by atoms with van der Waals surface area (Å²) >= 11 is 12.0. The molecule has 0 spiro atoms. The van der Waals surface area contributed by atoms with E-state index in [1.807, 2.05) is 12.1 Å². The Morgan fingerprint density at radius 1 is 1.10 bits per heavy atom. The monoisotopic (exact) mass is 326 g/mol. The van der Waals surface area contributed by atoms with Crippen molar-refractivity contribution >= 4 is 34.2 Å². The minimum absolute atomic E-state index is 0.0974. The Balaban J connectivity index is 2.21. The van der Waals surface area contributed by atoms with Gasteiger partial charge in [0.25, 0.3) is 0 Å². The summed E-state index contributed by atoms with van der Waals surface area (Å²) in [6, 6.07) is 9.70. The maximum atomic E-state index is 14.1. The van der Waals surface area contributed by atoms with Gasteiger partial charge in [-0.05, 0) is 23.8 Å². The molecule has 0 fully saturated rings. The molecular weight excluding hydrogens is 317 g/mol. The average Bonchev–Trinajstić information content (AvgIpc) is 2.84. The number of nitrogens with zero attached hydrogens (tertiary/aromatic N) is 2. The Bertz CT molecular complexity index is 815. The van der Waals surface area contributed by atoms with Crippen LogP contribution in [0.2, 0.25) is 5.02 Å². The van der Waals surface area contributed by atoms with E-state index in [-0.39, 0.29) is 17.9 Å². The highest BCUT2D eigenvalue weighted by atomic mass is 35.5. The number of hydrogen-bond donors (Lipinski definition) is 0. The first-order valence-corrected chi connectivity index (χ1v) is 7.15. The molecule has 21 heavy (non-hydrogen) atoms. The second-order valence-electron chi connectivity index (χ2n) is 4.57. The van der Waals surface area contributed by atoms with E-state index in [4.69, 9.17) is 23.2 Å². The summed E-state index contributed by atoms with van der Waals surface area (Å²) in [5.41, 5.74) is 1.26. The zero-order valence-corrected chi connectivity index (χ0v) is 12.3. The van der Waals surface area contributed by atoms with Crippen molar-refractivity contribution in [2.75, 3.05) is 0 Å². The first-order chi connectivity index (χ1) is 10.1. The second-order valence-corrected chi connectivity index (χ2v) is 5.24. The molecule has 3 aromatic rings. The second kappa shape index (κ2) is 5.62. The number of rotatable bonds is 3. The fourth-order valence-electron chi connectivity index (χ4n) is 2.27. The van der Waals surface area contributed by atoms with Gasteiger partial charge in [0.1, 0.15) is 11.3 Å². The summed E-state index contributed by atoms with van der Waals surface area (Å²) in [6.07, 6.45) is 0. The Labute approximate surface area is 129 Å². The molecular formula is C15H10Cl2F2N2. The molecule has 108 valence electrons. The van der Waals surface area contributed by atoms with Crippen LogP contribution in [0.4, 0.5) is 8.78 Å². The minimum atomic E-state index is -0.927. The van der Waals surface area contributed by atoms with E-state index in [1.165, 1.54) is 6.07 Å². The van der Waals surface area contributed by atoms with Crippen LogP contribution in [0, 0.1) is 11.6 Å². The van der Waals surface area contributed by atoms with Crippen molar-refractivity contribution in [2.24, 2.45) is 0 Å². The molecule has 6 heteroatoms. The van der Waals surface area contributed by atoms with Crippen LogP contribution >= 0.6 is 23.2 Å². The number of imidazole rings is 1. The molecule has 0 amide bonds. The maximum Gasteiger partial charge on any atom is 0.184 e. The van der Waals surface area contributed by atoms with Crippen molar-refractivity contribution in [1.29, 1.82) is 0 Å². The van der Waals surface area contributed by atoms with Crippen LogP contribution in [-0.2, 0) is 12.4 Å². The Morgan fingerprint density at radius 3 is 2.57 bits per heavy atom. The third kappa shape index (κ3) is 2.49. The van der Waals surface area contributed by atoms with Crippen molar-refractivity contribution < 1.29 is 8.78 Å². The average molecular weight is 327 g/mol. The molecule has 0 bridgehead atoms. The molecule has 0 aliphatic carbocycles. The van der Waals surface area contributed by atoms with E-state index in [2.05, 4.69) is 4.98 Å². The molecule has 0 atom stereocenters. The van der Waals surface area contributed by atoms with E-state index < -0.39 is 11.6 Å². The van der Waals surface area contributed by atoms with Crippen molar-refractivity contribution in [2.45, 2.75) is 12.4 Å². The van der Waals surface area contributed by atoms with E-state index in [0.717, 1.165) is 11.6 Å². The van der Waals surface area contributed by atoms with Crippen molar-refractivity contribution in [3.8, 4) is 0 Å². The van der Waals surface area contributed by atoms with Gasteiger partial charge in [-0.25, -0.2) is 13.8 Å². The lowest BCUT2D eigenvalue weighted by Gasteiger charge is -2.10. The van der Waals surface area contributed by atoms with Crippen LogP contribution < -0.4 is 0 Å². The lowest BCUT2D eigenvalue weighted by molar-refractivity contribution is 0.512. The zero-order valence-electron chi connectivity index (χ0n) is 10.8. The number of alkyl halides is 1. The van der Waals surface area contributed by atoms with Crippen molar-refractivity contribution in [3.63, 3.8) is 0 Å². The highest BCUT2D eigenvalue weighted by molar-refractivity contribution is 6.31. The van der Waals surface area contributed by atoms with Crippen LogP contribution in [0.3, 0.4) is 0 Å². The van der Waals surface area contributed by atoms with Crippen LogP contribution in [0.25, 0.3) is 11.0 Å². The van der Waals surface area contributed by atoms with E-state index in [0.29, 0.717) is 16.4 Å². The summed E-state index contributed by atoms with van der Waals surface area (Å²) in [5, 5.41) is 0.552. The van der Waals surface area contributed by atoms with Gasteiger partial charge in [0.05, 0.1) is 17.9 Å². The predicted molar refractivity (Wildman–Crippen MR) is 79.8 cm³/mol. The molecule has 0 aliphatic heterocycles. The fourth-order valence-corrected chi connectivity index (χ4v) is 2.67. The van der Waals surface area contributed by atoms with Crippen LogP contribution in [-0.4, -0.2) is 9.55 Å². The quantitative estimate of drug-likeness (QED) is 0.635. The van der Waals surface area contributed by atoms with Gasteiger partial charge in [-0.1, -0.05) is 29.8 Å². The van der Waals surface area contributed by atoms with Gasteiger partial charge in [-0.2, -0.15) is 0 Å². The Kier molecular flexibility index (Phi) is 3.83. The lowest BCUT2D eigenvalue weighted by Crippen LogP contribution is -2.06. The summed E-state index contributed by atoms with van der Waals surface area (Å²) in [7, 11) is 0. The number of hydrogen-bond acceptors (Lipinski definition) is 1. The molecule has 0 unspecified atom stereocenters.